The van der Waals surface area contributed by atoms with Gasteiger partial charge in [0.2, 0.25) is 0 Å². The minimum atomic E-state index is 0.0762. The number of rotatable bonds is 4. The molecule has 0 N–H and O–H groups in total. The number of carbonyl (C=O) groups is 1. The molecule has 4 rings (SSSR count). The average Bonchev–Trinajstić information content (AvgIpc) is 2.76. The summed E-state index contributed by atoms with van der Waals surface area (Å²) in [7, 11) is 0. The molecule has 28 heavy (non-hydrogen) atoms. The maximum atomic E-state index is 12.8. The predicted octanol–water partition coefficient (Wildman–Crippen LogP) is 4.89. The molecule has 3 aromatic rings. The van der Waals surface area contributed by atoms with Gasteiger partial charge in [-0.1, -0.05) is 72.3 Å². The topological polar surface area (TPSA) is 23.6 Å². The molecule has 0 bridgehead atoms. The van der Waals surface area contributed by atoms with Gasteiger partial charge in [0.15, 0.2) is 0 Å². The largest absolute Gasteiger partial charge is 0.336 e. The van der Waals surface area contributed by atoms with E-state index in [2.05, 4.69) is 53.4 Å². The minimum Gasteiger partial charge on any atom is -0.336 e. The van der Waals surface area contributed by atoms with Crippen molar-refractivity contribution >= 4 is 17.5 Å². The normalized spacial score (nSPS) is 15.0. The molecular weight excluding hydrogens is 368 g/mol. The van der Waals surface area contributed by atoms with Gasteiger partial charge in [0.05, 0.1) is 6.04 Å². The number of hydrogen-bond donors (Lipinski definition) is 0. The fraction of sp³-hybridized carbons (Fsp3) is 0.208. The SMILES string of the molecule is O=C(c1ccc(Cl)cc1)N1CCN(C(c2ccccc2)c2ccccc2)CC1. The van der Waals surface area contributed by atoms with Gasteiger partial charge in [-0.15, -0.1) is 0 Å². The van der Waals surface area contributed by atoms with Gasteiger partial charge in [0.25, 0.3) is 5.91 Å². The predicted molar refractivity (Wildman–Crippen MR) is 114 cm³/mol. The fourth-order valence-electron chi connectivity index (χ4n) is 3.84. The first-order valence-corrected chi connectivity index (χ1v) is 9.99. The first kappa shape index (κ1) is 18.7. The lowest BCUT2D eigenvalue weighted by Crippen LogP contribution is -2.49. The highest BCUT2D eigenvalue weighted by atomic mass is 35.5. The van der Waals surface area contributed by atoms with Crippen molar-refractivity contribution in [3.63, 3.8) is 0 Å². The number of amides is 1. The van der Waals surface area contributed by atoms with Gasteiger partial charge in [-0.25, -0.2) is 0 Å². The number of benzene rings is 3. The summed E-state index contributed by atoms with van der Waals surface area (Å²) in [5, 5.41) is 0.648. The smallest absolute Gasteiger partial charge is 0.253 e. The molecule has 0 saturated carbocycles. The Kier molecular flexibility index (Phi) is 5.75. The summed E-state index contributed by atoms with van der Waals surface area (Å²) in [5.74, 6) is 0.0762. The molecule has 1 fully saturated rings. The molecule has 4 heteroatoms. The second-order valence-electron chi connectivity index (χ2n) is 7.06. The molecule has 0 radical (unpaired) electrons. The standard InChI is InChI=1S/C24H23ClN2O/c25-22-13-11-21(12-14-22)24(28)27-17-15-26(16-18-27)23(19-7-3-1-4-8-19)20-9-5-2-6-10-20/h1-14,23H,15-18H2. The molecule has 0 aliphatic carbocycles. The second-order valence-corrected chi connectivity index (χ2v) is 7.50. The fourth-order valence-corrected chi connectivity index (χ4v) is 3.97. The van der Waals surface area contributed by atoms with Crippen LogP contribution in [0.25, 0.3) is 0 Å². The van der Waals surface area contributed by atoms with E-state index < -0.39 is 0 Å². The molecule has 3 aromatic carbocycles. The van der Waals surface area contributed by atoms with Gasteiger partial charge in [-0.05, 0) is 35.4 Å². The summed E-state index contributed by atoms with van der Waals surface area (Å²) in [6.45, 7) is 3.12. The van der Waals surface area contributed by atoms with Gasteiger partial charge in [0.1, 0.15) is 0 Å². The Morgan fingerprint density at radius 3 is 1.71 bits per heavy atom. The lowest BCUT2D eigenvalue weighted by molar-refractivity contribution is 0.0597. The Balaban J connectivity index is 1.50. The molecule has 1 amide bonds. The molecule has 1 aliphatic heterocycles. The van der Waals surface area contributed by atoms with E-state index in [-0.39, 0.29) is 11.9 Å². The number of halogens is 1. The zero-order chi connectivity index (χ0) is 19.3. The molecule has 1 aliphatic rings. The Bertz CT molecular complexity index is 865. The summed E-state index contributed by atoms with van der Waals surface area (Å²) in [5.41, 5.74) is 3.26. The van der Waals surface area contributed by atoms with Crippen LogP contribution in [0.15, 0.2) is 84.9 Å². The van der Waals surface area contributed by atoms with E-state index >= 15 is 0 Å². The second kappa shape index (κ2) is 8.59. The molecule has 3 nitrogen and oxygen atoms in total. The Hall–Kier alpha value is -2.62. The molecule has 0 spiro atoms. The van der Waals surface area contributed by atoms with Crippen molar-refractivity contribution in [3.8, 4) is 0 Å². The van der Waals surface area contributed by atoms with Crippen LogP contribution in [0.1, 0.15) is 27.5 Å². The number of nitrogens with zero attached hydrogens (tertiary/aromatic N) is 2. The maximum absolute atomic E-state index is 12.8. The molecule has 1 heterocycles. The van der Waals surface area contributed by atoms with Crippen LogP contribution in [0.3, 0.4) is 0 Å². The van der Waals surface area contributed by atoms with Crippen LogP contribution < -0.4 is 0 Å². The Morgan fingerprint density at radius 2 is 1.21 bits per heavy atom. The van der Waals surface area contributed by atoms with Crippen LogP contribution in [-0.2, 0) is 0 Å². The number of hydrogen-bond acceptors (Lipinski definition) is 2. The minimum absolute atomic E-state index is 0.0762. The molecule has 0 atom stereocenters. The van der Waals surface area contributed by atoms with E-state index in [1.54, 1.807) is 24.3 Å². The van der Waals surface area contributed by atoms with Crippen molar-refractivity contribution in [3.05, 3.63) is 107 Å². The van der Waals surface area contributed by atoms with E-state index in [1.807, 2.05) is 17.0 Å². The first-order valence-electron chi connectivity index (χ1n) is 9.61. The first-order chi connectivity index (χ1) is 13.7. The Labute approximate surface area is 171 Å². The van der Waals surface area contributed by atoms with Gasteiger partial charge in [0, 0.05) is 36.8 Å². The van der Waals surface area contributed by atoms with E-state index in [9.17, 15) is 4.79 Å². The van der Waals surface area contributed by atoms with Crippen LogP contribution in [0, 0.1) is 0 Å². The molecule has 1 saturated heterocycles. The van der Waals surface area contributed by atoms with Crippen molar-refractivity contribution in [1.82, 2.24) is 9.80 Å². The Morgan fingerprint density at radius 1 is 0.714 bits per heavy atom. The molecule has 142 valence electrons. The van der Waals surface area contributed by atoms with Crippen LogP contribution in [0.2, 0.25) is 5.02 Å². The highest BCUT2D eigenvalue weighted by Crippen LogP contribution is 2.29. The van der Waals surface area contributed by atoms with E-state index in [0.717, 1.165) is 26.2 Å². The lowest BCUT2D eigenvalue weighted by Gasteiger charge is -2.39. The van der Waals surface area contributed by atoms with Gasteiger partial charge >= 0.3 is 0 Å². The molecular formula is C24H23ClN2O. The highest BCUT2D eigenvalue weighted by Gasteiger charge is 2.28. The van der Waals surface area contributed by atoms with E-state index in [0.29, 0.717) is 10.6 Å². The van der Waals surface area contributed by atoms with Gasteiger partial charge in [-0.3, -0.25) is 9.69 Å². The van der Waals surface area contributed by atoms with Crippen molar-refractivity contribution < 1.29 is 4.79 Å². The van der Waals surface area contributed by atoms with E-state index in [1.165, 1.54) is 11.1 Å². The van der Waals surface area contributed by atoms with Crippen molar-refractivity contribution in [2.45, 2.75) is 6.04 Å². The molecule has 0 unspecified atom stereocenters. The number of carbonyl (C=O) groups excluding carboxylic acids is 1. The highest BCUT2D eigenvalue weighted by molar-refractivity contribution is 6.30. The monoisotopic (exact) mass is 390 g/mol. The van der Waals surface area contributed by atoms with Crippen molar-refractivity contribution in [2.24, 2.45) is 0 Å². The summed E-state index contributed by atoms with van der Waals surface area (Å²) in [4.78, 5) is 17.2. The van der Waals surface area contributed by atoms with Crippen molar-refractivity contribution in [1.29, 1.82) is 0 Å². The quantitative estimate of drug-likeness (QED) is 0.633. The van der Waals surface area contributed by atoms with E-state index in [4.69, 9.17) is 11.6 Å². The third-order valence-electron chi connectivity index (χ3n) is 5.29. The summed E-state index contributed by atoms with van der Waals surface area (Å²) >= 11 is 5.94. The summed E-state index contributed by atoms with van der Waals surface area (Å²) in [6, 6.07) is 28.5. The average molecular weight is 391 g/mol. The van der Waals surface area contributed by atoms with Crippen LogP contribution in [0.4, 0.5) is 0 Å². The van der Waals surface area contributed by atoms with Crippen molar-refractivity contribution in [2.75, 3.05) is 26.2 Å². The third-order valence-corrected chi connectivity index (χ3v) is 5.54. The zero-order valence-corrected chi connectivity index (χ0v) is 16.4. The molecule has 0 aromatic heterocycles. The third kappa shape index (κ3) is 4.11. The van der Waals surface area contributed by atoms with Crippen LogP contribution >= 0.6 is 11.6 Å². The summed E-state index contributed by atoms with van der Waals surface area (Å²) in [6.07, 6.45) is 0. The van der Waals surface area contributed by atoms with Gasteiger partial charge < -0.3 is 4.90 Å². The summed E-state index contributed by atoms with van der Waals surface area (Å²) < 4.78 is 0. The van der Waals surface area contributed by atoms with Gasteiger partial charge in [-0.2, -0.15) is 0 Å². The lowest BCUT2D eigenvalue weighted by atomic mass is 9.96. The number of piperazine rings is 1. The van der Waals surface area contributed by atoms with Crippen LogP contribution in [-0.4, -0.2) is 41.9 Å². The maximum Gasteiger partial charge on any atom is 0.253 e. The van der Waals surface area contributed by atoms with Crippen LogP contribution in [0.5, 0.6) is 0 Å². The zero-order valence-electron chi connectivity index (χ0n) is 15.7.